The molecule has 0 saturated carbocycles. The first-order chi connectivity index (χ1) is 6.66. The Bertz CT molecular complexity index is 485. The highest BCUT2D eigenvalue weighted by Crippen LogP contribution is 2.29. The minimum atomic E-state index is 0.559. The van der Waals surface area contributed by atoms with Gasteiger partial charge in [-0.1, -0.05) is 23.7 Å². The van der Waals surface area contributed by atoms with Crippen LogP contribution in [-0.4, -0.2) is 4.57 Å². The van der Waals surface area contributed by atoms with Gasteiger partial charge in [0.15, 0.2) is 0 Å². The Morgan fingerprint density at radius 3 is 2.79 bits per heavy atom. The fourth-order valence-corrected chi connectivity index (χ4v) is 2.22. The molecule has 0 unspecified atom stereocenters. The van der Waals surface area contributed by atoms with Crippen molar-refractivity contribution in [2.45, 2.75) is 13.5 Å². The molecule has 0 radical (unpaired) electrons. The molecule has 0 spiro atoms. The van der Waals surface area contributed by atoms with Crippen molar-refractivity contribution in [1.82, 2.24) is 4.57 Å². The van der Waals surface area contributed by atoms with E-state index in [9.17, 15) is 0 Å². The molecule has 0 aliphatic carbocycles. The van der Waals surface area contributed by atoms with Crippen LogP contribution in [0.2, 0.25) is 5.02 Å². The van der Waals surface area contributed by atoms with Crippen molar-refractivity contribution < 1.29 is 0 Å². The smallest absolute Gasteiger partial charge is 0.0672 e. The summed E-state index contributed by atoms with van der Waals surface area (Å²) in [5, 5.41) is 1.95. The molecule has 2 nitrogen and oxygen atoms in total. The van der Waals surface area contributed by atoms with Crippen molar-refractivity contribution in [1.29, 1.82) is 0 Å². The van der Waals surface area contributed by atoms with Crippen LogP contribution in [0.4, 0.5) is 0 Å². The van der Waals surface area contributed by atoms with E-state index < -0.39 is 0 Å². The lowest BCUT2D eigenvalue weighted by Crippen LogP contribution is -1.98. The van der Waals surface area contributed by atoms with Crippen LogP contribution in [0.3, 0.4) is 0 Å². The highest BCUT2D eigenvalue weighted by atomic mass is 35.5. The van der Waals surface area contributed by atoms with Crippen molar-refractivity contribution in [3.05, 3.63) is 34.5 Å². The summed E-state index contributed by atoms with van der Waals surface area (Å²) >= 11 is 6.14. The lowest BCUT2D eigenvalue weighted by Gasteiger charge is -1.99. The van der Waals surface area contributed by atoms with Crippen molar-refractivity contribution >= 4 is 22.5 Å². The van der Waals surface area contributed by atoms with Gasteiger partial charge in [0.2, 0.25) is 0 Å². The number of benzene rings is 1. The fourth-order valence-electron chi connectivity index (χ4n) is 1.92. The molecular weight excluding hydrogens is 196 g/mol. The second kappa shape index (κ2) is 3.30. The Balaban J connectivity index is 2.95. The number of hydrogen-bond donors (Lipinski definition) is 1. The Labute approximate surface area is 88.3 Å². The zero-order chi connectivity index (χ0) is 10.3. The van der Waals surface area contributed by atoms with Crippen LogP contribution >= 0.6 is 11.6 Å². The second-order valence-electron chi connectivity index (χ2n) is 3.46. The van der Waals surface area contributed by atoms with E-state index in [1.807, 2.05) is 19.2 Å². The molecule has 1 aromatic heterocycles. The van der Waals surface area contributed by atoms with Gasteiger partial charge in [-0.15, -0.1) is 0 Å². The number of hydrogen-bond acceptors (Lipinski definition) is 1. The molecule has 74 valence electrons. The predicted octanol–water partition coefficient (Wildman–Crippen LogP) is 2.60. The number of fused-ring (bicyclic) bond motifs is 1. The third-order valence-electron chi connectivity index (χ3n) is 2.79. The minimum absolute atomic E-state index is 0.559. The minimum Gasteiger partial charge on any atom is -0.346 e. The first kappa shape index (κ1) is 9.56. The first-order valence-electron chi connectivity index (χ1n) is 4.59. The molecule has 2 rings (SSSR count). The Hall–Kier alpha value is -0.990. The molecule has 0 amide bonds. The topological polar surface area (TPSA) is 30.9 Å². The summed E-state index contributed by atoms with van der Waals surface area (Å²) in [5.74, 6) is 0. The molecule has 2 N–H and O–H groups in total. The summed E-state index contributed by atoms with van der Waals surface area (Å²) in [6.45, 7) is 2.63. The monoisotopic (exact) mass is 208 g/mol. The highest BCUT2D eigenvalue weighted by Gasteiger charge is 2.11. The SMILES string of the molecule is Cc1c(CN)c2cccc(Cl)c2n1C. The second-order valence-corrected chi connectivity index (χ2v) is 3.87. The lowest BCUT2D eigenvalue weighted by atomic mass is 10.1. The van der Waals surface area contributed by atoms with Gasteiger partial charge in [0.05, 0.1) is 10.5 Å². The number of nitrogens with zero attached hydrogens (tertiary/aromatic N) is 1. The molecule has 0 atom stereocenters. The quantitative estimate of drug-likeness (QED) is 0.768. The number of aryl methyl sites for hydroxylation is 1. The summed E-state index contributed by atoms with van der Waals surface area (Å²) < 4.78 is 2.10. The summed E-state index contributed by atoms with van der Waals surface area (Å²) in [7, 11) is 2.02. The molecule has 0 saturated heterocycles. The average molecular weight is 209 g/mol. The first-order valence-corrected chi connectivity index (χ1v) is 4.97. The lowest BCUT2D eigenvalue weighted by molar-refractivity contribution is 0.894. The molecule has 0 bridgehead atoms. The van der Waals surface area contributed by atoms with Gasteiger partial charge in [-0.25, -0.2) is 0 Å². The van der Waals surface area contributed by atoms with E-state index in [0.29, 0.717) is 6.54 Å². The molecule has 1 heterocycles. The molecule has 3 heteroatoms. The van der Waals surface area contributed by atoms with Crippen molar-refractivity contribution in [2.24, 2.45) is 12.8 Å². The number of para-hydroxylation sites is 1. The summed E-state index contributed by atoms with van der Waals surface area (Å²) in [6.07, 6.45) is 0. The van der Waals surface area contributed by atoms with Gasteiger partial charge in [0.1, 0.15) is 0 Å². The third kappa shape index (κ3) is 1.15. The fraction of sp³-hybridized carbons (Fsp3) is 0.273. The van der Waals surface area contributed by atoms with Gasteiger partial charge < -0.3 is 10.3 Å². The number of halogens is 1. The van der Waals surface area contributed by atoms with E-state index in [4.69, 9.17) is 17.3 Å². The standard InChI is InChI=1S/C11H13ClN2/c1-7-9(6-13)8-4-3-5-10(12)11(8)14(7)2/h3-5H,6,13H2,1-2H3. The van der Waals surface area contributed by atoms with Crippen molar-refractivity contribution in [3.63, 3.8) is 0 Å². The van der Waals surface area contributed by atoms with E-state index in [1.54, 1.807) is 0 Å². The van der Waals surface area contributed by atoms with E-state index in [1.165, 1.54) is 16.6 Å². The zero-order valence-corrected chi connectivity index (χ0v) is 9.10. The average Bonchev–Trinajstić information content (AvgIpc) is 2.41. The van der Waals surface area contributed by atoms with Gasteiger partial charge in [0, 0.05) is 24.7 Å². The molecule has 14 heavy (non-hydrogen) atoms. The van der Waals surface area contributed by atoms with Crippen LogP contribution in [0.25, 0.3) is 10.9 Å². The number of aromatic nitrogens is 1. The van der Waals surface area contributed by atoms with E-state index in [2.05, 4.69) is 17.6 Å². The number of nitrogens with two attached hydrogens (primary N) is 1. The molecular formula is C11H13ClN2. The van der Waals surface area contributed by atoms with E-state index in [0.717, 1.165) is 10.5 Å². The third-order valence-corrected chi connectivity index (χ3v) is 3.10. The van der Waals surface area contributed by atoms with Crippen LogP contribution in [0, 0.1) is 6.92 Å². The largest absolute Gasteiger partial charge is 0.346 e. The predicted molar refractivity (Wildman–Crippen MR) is 60.6 cm³/mol. The zero-order valence-electron chi connectivity index (χ0n) is 8.34. The summed E-state index contributed by atoms with van der Waals surface area (Å²) in [6, 6.07) is 5.93. The van der Waals surface area contributed by atoms with E-state index >= 15 is 0 Å². The highest BCUT2D eigenvalue weighted by molar-refractivity contribution is 6.35. The van der Waals surface area contributed by atoms with Crippen molar-refractivity contribution in [2.75, 3.05) is 0 Å². The van der Waals surface area contributed by atoms with Crippen molar-refractivity contribution in [3.8, 4) is 0 Å². The Kier molecular flexibility index (Phi) is 2.25. The molecule has 2 aromatic rings. The summed E-state index contributed by atoms with van der Waals surface area (Å²) in [4.78, 5) is 0. The van der Waals surface area contributed by atoms with Crippen LogP contribution in [0.5, 0.6) is 0 Å². The van der Waals surface area contributed by atoms with E-state index in [-0.39, 0.29) is 0 Å². The maximum absolute atomic E-state index is 6.14. The van der Waals surface area contributed by atoms with Crippen LogP contribution in [0.1, 0.15) is 11.3 Å². The van der Waals surface area contributed by atoms with Gasteiger partial charge >= 0.3 is 0 Å². The Morgan fingerprint density at radius 1 is 1.43 bits per heavy atom. The van der Waals surface area contributed by atoms with Gasteiger partial charge in [-0.05, 0) is 18.6 Å². The Morgan fingerprint density at radius 2 is 2.14 bits per heavy atom. The molecule has 0 fully saturated rings. The van der Waals surface area contributed by atoms with Gasteiger partial charge in [0.25, 0.3) is 0 Å². The van der Waals surface area contributed by atoms with Crippen LogP contribution in [-0.2, 0) is 13.6 Å². The molecule has 1 aromatic carbocycles. The van der Waals surface area contributed by atoms with Gasteiger partial charge in [-0.3, -0.25) is 0 Å². The normalized spacial score (nSPS) is 11.1. The van der Waals surface area contributed by atoms with Crippen LogP contribution < -0.4 is 5.73 Å². The van der Waals surface area contributed by atoms with Gasteiger partial charge in [-0.2, -0.15) is 0 Å². The number of rotatable bonds is 1. The maximum atomic E-state index is 6.14. The summed E-state index contributed by atoms with van der Waals surface area (Å²) in [5.41, 5.74) is 9.18. The molecule has 0 aliphatic heterocycles. The molecule has 0 aliphatic rings. The van der Waals surface area contributed by atoms with Crippen LogP contribution in [0.15, 0.2) is 18.2 Å². The maximum Gasteiger partial charge on any atom is 0.0672 e.